The number of halogens is 1. The van der Waals surface area contributed by atoms with Crippen LogP contribution in [0.5, 0.6) is 0 Å². The minimum atomic E-state index is -0.271. The van der Waals surface area contributed by atoms with Gasteiger partial charge in [-0.15, -0.1) is 5.10 Å². The van der Waals surface area contributed by atoms with Gasteiger partial charge in [0, 0.05) is 25.2 Å². The molecule has 0 fully saturated rings. The maximum atomic E-state index is 13.1. The molecule has 1 aromatic heterocycles. The SMILES string of the molecule is Fc1cccc(Nc2cc3c(nn2)CCNC3)c1. The number of aromatic nitrogens is 2. The molecule has 0 aliphatic carbocycles. The number of rotatable bonds is 2. The molecule has 1 aliphatic heterocycles. The van der Waals surface area contributed by atoms with Crippen molar-refractivity contribution in [1.29, 1.82) is 0 Å². The Balaban J connectivity index is 1.85. The second-order valence-electron chi connectivity index (χ2n) is 4.26. The monoisotopic (exact) mass is 244 g/mol. The van der Waals surface area contributed by atoms with Gasteiger partial charge < -0.3 is 10.6 Å². The highest BCUT2D eigenvalue weighted by atomic mass is 19.1. The van der Waals surface area contributed by atoms with E-state index in [1.54, 1.807) is 12.1 Å². The van der Waals surface area contributed by atoms with Crippen molar-refractivity contribution in [3.8, 4) is 0 Å². The number of nitrogens with one attached hydrogen (secondary N) is 2. The van der Waals surface area contributed by atoms with E-state index in [9.17, 15) is 4.39 Å². The van der Waals surface area contributed by atoms with Crippen molar-refractivity contribution in [2.45, 2.75) is 13.0 Å². The fourth-order valence-electron chi connectivity index (χ4n) is 2.02. The molecular weight excluding hydrogens is 231 g/mol. The third kappa shape index (κ3) is 2.31. The van der Waals surface area contributed by atoms with Crippen molar-refractivity contribution in [2.75, 3.05) is 11.9 Å². The molecule has 2 heterocycles. The van der Waals surface area contributed by atoms with Crippen LogP contribution in [-0.4, -0.2) is 16.7 Å². The quantitative estimate of drug-likeness (QED) is 0.848. The molecule has 3 rings (SSSR count). The van der Waals surface area contributed by atoms with Crippen LogP contribution in [0.2, 0.25) is 0 Å². The van der Waals surface area contributed by atoms with Crippen molar-refractivity contribution in [1.82, 2.24) is 15.5 Å². The lowest BCUT2D eigenvalue weighted by Gasteiger charge is -2.16. The minimum absolute atomic E-state index is 0.271. The Hall–Kier alpha value is -2.01. The molecule has 0 saturated carbocycles. The van der Waals surface area contributed by atoms with Gasteiger partial charge in [0.2, 0.25) is 0 Å². The van der Waals surface area contributed by atoms with Crippen molar-refractivity contribution in [3.05, 3.63) is 47.4 Å². The average Bonchev–Trinajstić information content (AvgIpc) is 2.39. The maximum absolute atomic E-state index is 13.1. The highest BCUT2D eigenvalue weighted by Gasteiger charge is 2.11. The highest BCUT2D eigenvalue weighted by Crippen LogP contribution is 2.18. The fraction of sp³-hybridized carbons (Fsp3) is 0.231. The summed E-state index contributed by atoms with van der Waals surface area (Å²) < 4.78 is 13.1. The van der Waals surface area contributed by atoms with Gasteiger partial charge >= 0.3 is 0 Å². The summed E-state index contributed by atoms with van der Waals surface area (Å²) >= 11 is 0. The lowest BCUT2D eigenvalue weighted by Crippen LogP contribution is -2.25. The van der Waals surface area contributed by atoms with Gasteiger partial charge in [-0.25, -0.2) is 4.39 Å². The van der Waals surface area contributed by atoms with Crippen LogP contribution >= 0.6 is 0 Å². The summed E-state index contributed by atoms with van der Waals surface area (Å²) in [4.78, 5) is 0. The second kappa shape index (κ2) is 4.70. The molecule has 5 heteroatoms. The van der Waals surface area contributed by atoms with Crippen molar-refractivity contribution in [3.63, 3.8) is 0 Å². The molecule has 0 atom stereocenters. The molecule has 0 bridgehead atoms. The van der Waals surface area contributed by atoms with E-state index in [1.807, 2.05) is 6.07 Å². The van der Waals surface area contributed by atoms with Gasteiger partial charge in [0.15, 0.2) is 5.82 Å². The van der Waals surface area contributed by atoms with Gasteiger partial charge in [-0.05, 0) is 29.8 Å². The largest absolute Gasteiger partial charge is 0.339 e. The maximum Gasteiger partial charge on any atom is 0.153 e. The van der Waals surface area contributed by atoms with Crippen LogP contribution in [0, 0.1) is 5.82 Å². The normalized spacial score (nSPS) is 14.1. The predicted molar refractivity (Wildman–Crippen MR) is 67.1 cm³/mol. The molecule has 0 unspecified atom stereocenters. The summed E-state index contributed by atoms with van der Waals surface area (Å²) in [7, 11) is 0. The molecule has 0 saturated heterocycles. The van der Waals surface area contributed by atoms with E-state index in [-0.39, 0.29) is 5.82 Å². The summed E-state index contributed by atoms with van der Waals surface area (Å²) in [5.74, 6) is 0.371. The topological polar surface area (TPSA) is 49.8 Å². The molecule has 0 radical (unpaired) electrons. The van der Waals surface area contributed by atoms with Crippen molar-refractivity contribution < 1.29 is 4.39 Å². The van der Waals surface area contributed by atoms with Gasteiger partial charge in [0.25, 0.3) is 0 Å². The van der Waals surface area contributed by atoms with Crippen LogP contribution in [-0.2, 0) is 13.0 Å². The molecule has 92 valence electrons. The average molecular weight is 244 g/mol. The van der Waals surface area contributed by atoms with Gasteiger partial charge in [-0.1, -0.05) is 6.07 Å². The number of hydrogen-bond acceptors (Lipinski definition) is 4. The Kier molecular flexibility index (Phi) is 2.90. The number of anilines is 2. The lowest BCUT2D eigenvalue weighted by molar-refractivity contribution is 0.621. The van der Waals surface area contributed by atoms with E-state index in [4.69, 9.17) is 0 Å². The molecule has 0 spiro atoms. The zero-order chi connectivity index (χ0) is 12.4. The molecule has 4 nitrogen and oxygen atoms in total. The summed E-state index contributed by atoms with van der Waals surface area (Å²) in [5.41, 5.74) is 2.86. The van der Waals surface area contributed by atoms with Crippen molar-refractivity contribution in [2.24, 2.45) is 0 Å². The smallest absolute Gasteiger partial charge is 0.153 e. The zero-order valence-corrected chi connectivity index (χ0v) is 9.78. The Labute approximate surface area is 104 Å². The van der Waals surface area contributed by atoms with Gasteiger partial charge in [-0.3, -0.25) is 0 Å². The molecular formula is C13H13FN4. The first-order valence-corrected chi connectivity index (χ1v) is 5.90. The Bertz CT molecular complexity index is 571. The van der Waals surface area contributed by atoms with Gasteiger partial charge in [0.1, 0.15) is 5.82 Å². The summed E-state index contributed by atoms with van der Waals surface area (Å²) in [6, 6.07) is 8.25. The molecule has 2 aromatic rings. The molecule has 0 amide bonds. The highest BCUT2D eigenvalue weighted by molar-refractivity contribution is 5.56. The molecule has 1 aromatic carbocycles. The molecule has 18 heavy (non-hydrogen) atoms. The van der Waals surface area contributed by atoms with Crippen LogP contribution in [0.4, 0.5) is 15.9 Å². The standard InChI is InChI=1S/C13H13FN4/c14-10-2-1-3-11(7-10)16-13-6-9-8-15-5-4-12(9)17-18-13/h1-3,6-7,15H,4-5,8H2,(H,16,18). The zero-order valence-electron chi connectivity index (χ0n) is 9.78. The number of benzene rings is 1. The van der Waals surface area contributed by atoms with Gasteiger partial charge in [0.05, 0.1) is 5.69 Å². The summed E-state index contributed by atoms with van der Waals surface area (Å²) in [6.45, 7) is 1.75. The van der Waals surface area contributed by atoms with E-state index in [1.165, 1.54) is 12.1 Å². The van der Waals surface area contributed by atoms with E-state index < -0.39 is 0 Å². The number of nitrogens with zero attached hydrogens (tertiary/aromatic N) is 2. The summed E-state index contributed by atoms with van der Waals surface area (Å²) in [6.07, 6.45) is 0.905. The van der Waals surface area contributed by atoms with Crippen LogP contribution in [0.25, 0.3) is 0 Å². The molecule has 2 N–H and O–H groups in total. The van der Waals surface area contributed by atoms with E-state index in [2.05, 4.69) is 20.8 Å². The third-order valence-corrected chi connectivity index (χ3v) is 2.91. The second-order valence-corrected chi connectivity index (χ2v) is 4.26. The van der Waals surface area contributed by atoms with Crippen molar-refractivity contribution >= 4 is 11.5 Å². The predicted octanol–water partition coefficient (Wildman–Crippen LogP) is 2.00. The lowest BCUT2D eigenvalue weighted by atomic mass is 10.1. The number of hydrogen-bond donors (Lipinski definition) is 2. The van der Waals surface area contributed by atoms with Crippen LogP contribution in [0.1, 0.15) is 11.3 Å². The Morgan fingerprint density at radius 2 is 2.17 bits per heavy atom. The molecule has 1 aliphatic rings. The first kappa shape index (κ1) is 11.1. The Morgan fingerprint density at radius 1 is 1.22 bits per heavy atom. The van der Waals surface area contributed by atoms with E-state index in [0.717, 1.165) is 30.8 Å². The van der Waals surface area contributed by atoms with Crippen LogP contribution in [0.3, 0.4) is 0 Å². The summed E-state index contributed by atoms with van der Waals surface area (Å²) in [5, 5.41) is 14.6. The number of fused-ring (bicyclic) bond motifs is 1. The van der Waals surface area contributed by atoms with Crippen LogP contribution < -0.4 is 10.6 Å². The first-order valence-electron chi connectivity index (χ1n) is 5.90. The Morgan fingerprint density at radius 3 is 3.06 bits per heavy atom. The van der Waals surface area contributed by atoms with Gasteiger partial charge in [-0.2, -0.15) is 5.10 Å². The third-order valence-electron chi connectivity index (χ3n) is 2.91. The first-order chi connectivity index (χ1) is 8.81. The van der Waals surface area contributed by atoms with E-state index in [0.29, 0.717) is 11.5 Å². The van der Waals surface area contributed by atoms with Crippen LogP contribution in [0.15, 0.2) is 30.3 Å². The minimum Gasteiger partial charge on any atom is -0.339 e. The fourth-order valence-corrected chi connectivity index (χ4v) is 2.02. The van der Waals surface area contributed by atoms with E-state index >= 15 is 0 Å².